The smallest absolute Gasteiger partial charge is 0.166 e. The Bertz CT molecular complexity index is 319. The molecule has 0 saturated carbocycles. The van der Waals surface area contributed by atoms with Crippen LogP contribution in [0.1, 0.15) is 19.4 Å². The summed E-state index contributed by atoms with van der Waals surface area (Å²) in [6, 6.07) is 0.378. The summed E-state index contributed by atoms with van der Waals surface area (Å²) in [5.74, 6) is 0. The molecule has 15 heavy (non-hydrogen) atoms. The van der Waals surface area contributed by atoms with Gasteiger partial charge in [-0.25, -0.2) is 0 Å². The van der Waals surface area contributed by atoms with Crippen LogP contribution in [0.25, 0.3) is 0 Å². The lowest BCUT2D eigenvalue weighted by molar-refractivity contribution is 0.710. The summed E-state index contributed by atoms with van der Waals surface area (Å²) in [5.41, 5.74) is 1.22. The normalized spacial score (nSPS) is 10.4. The van der Waals surface area contributed by atoms with Crippen LogP contribution >= 0.6 is 12.2 Å². The second kappa shape index (κ2) is 5.70. The van der Waals surface area contributed by atoms with Gasteiger partial charge in [-0.1, -0.05) is 0 Å². The molecule has 0 aliphatic carbocycles. The van der Waals surface area contributed by atoms with E-state index in [9.17, 15) is 0 Å². The van der Waals surface area contributed by atoms with E-state index in [1.54, 1.807) is 4.68 Å². The largest absolute Gasteiger partial charge is 0.362 e. The minimum absolute atomic E-state index is 0.378. The molecule has 0 atom stereocenters. The highest BCUT2D eigenvalue weighted by atomic mass is 32.1. The van der Waals surface area contributed by atoms with E-state index in [0.717, 1.165) is 13.0 Å². The molecule has 1 heterocycles. The predicted octanol–water partition coefficient (Wildman–Crippen LogP) is 0.835. The van der Waals surface area contributed by atoms with Crippen LogP contribution in [0.4, 0.5) is 0 Å². The molecule has 0 aliphatic heterocycles. The maximum absolute atomic E-state index is 5.11. The van der Waals surface area contributed by atoms with Gasteiger partial charge in [-0.2, -0.15) is 5.10 Å². The van der Waals surface area contributed by atoms with Crippen molar-refractivity contribution in [3.8, 4) is 0 Å². The zero-order chi connectivity index (χ0) is 11.3. The Morgan fingerprint density at radius 1 is 1.60 bits per heavy atom. The molecular weight excluding hydrogens is 208 g/mol. The Morgan fingerprint density at radius 2 is 2.33 bits per heavy atom. The summed E-state index contributed by atoms with van der Waals surface area (Å²) in [6.07, 6.45) is 4.83. The van der Waals surface area contributed by atoms with Crippen LogP contribution in [0.3, 0.4) is 0 Å². The zero-order valence-corrected chi connectivity index (χ0v) is 10.3. The highest BCUT2D eigenvalue weighted by Crippen LogP contribution is 1.95. The van der Waals surface area contributed by atoms with Crippen LogP contribution in [0.15, 0.2) is 12.4 Å². The third kappa shape index (κ3) is 4.78. The van der Waals surface area contributed by atoms with Gasteiger partial charge in [0.2, 0.25) is 0 Å². The highest BCUT2D eigenvalue weighted by molar-refractivity contribution is 7.80. The van der Waals surface area contributed by atoms with Gasteiger partial charge in [0.25, 0.3) is 0 Å². The van der Waals surface area contributed by atoms with Gasteiger partial charge in [0, 0.05) is 25.8 Å². The van der Waals surface area contributed by atoms with Crippen molar-refractivity contribution in [1.82, 2.24) is 20.4 Å². The van der Waals surface area contributed by atoms with Crippen molar-refractivity contribution in [1.29, 1.82) is 0 Å². The molecule has 0 amide bonds. The first-order valence-corrected chi connectivity index (χ1v) is 5.50. The van der Waals surface area contributed by atoms with Crippen LogP contribution in [-0.4, -0.2) is 27.5 Å². The van der Waals surface area contributed by atoms with Crippen LogP contribution in [0.2, 0.25) is 0 Å². The van der Waals surface area contributed by atoms with Crippen LogP contribution in [-0.2, 0) is 13.5 Å². The average Bonchev–Trinajstić information content (AvgIpc) is 2.50. The van der Waals surface area contributed by atoms with E-state index < -0.39 is 0 Å². The highest BCUT2D eigenvalue weighted by Gasteiger charge is 1.99. The topological polar surface area (TPSA) is 41.9 Å². The molecule has 5 heteroatoms. The Morgan fingerprint density at radius 3 is 2.87 bits per heavy atom. The quantitative estimate of drug-likeness (QED) is 0.747. The molecule has 1 rings (SSSR count). The molecular formula is C10H18N4S. The van der Waals surface area contributed by atoms with E-state index >= 15 is 0 Å². The van der Waals surface area contributed by atoms with E-state index in [1.807, 2.05) is 19.4 Å². The predicted molar refractivity (Wildman–Crippen MR) is 65.8 cm³/mol. The summed E-state index contributed by atoms with van der Waals surface area (Å²) < 4.78 is 1.81. The fraction of sp³-hybridized carbons (Fsp3) is 0.600. The molecule has 1 aromatic heterocycles. The van der Waals surface area contributed by atoms with Gasteiger partial charge >= 0.3 is 0 Å². The minimum Gasteiger partial charge on any atom is -0.362 e. The third-order valence-corrected chi connectivity index (χ3v) is 2.14. The Hall–Kier alpha value is -1.10. The first-order chi connectivity index (χ1) is 7.08. The average molecular weight is 226 g/mol. The van der Waals surface area contributed by atoms with Gasteiger partial charge < -0.3 is 10.6 Å². The number of aromatic nitrogens is 2. The third-order valence-electron chi connectivity index (χ3n) is 1.88. The van der Waals surface area contributed by atoms with Gasteiger partial charge in [0.1, 0.15) is 0 Å². The molecule has 0 unspecified atom stereocenters. The lowest BCUT2D eigenvalue weighted by Gasteiger charge is -2.12. The van der Waals surface area contributed by atoms with E-state index in [4.69, 9.17) is 12.2 Å². The second-order valence-electron chi connectivity index (χ2n) is 3.83. The summed E-state index contributed by atoms with van der Waals surface area (Å²) in [4.78, 5) is 0. The van der Waals surface area contributed by atoms with Gasteiger partial charge in [-0.3, -0.25) is 4.68 Å². The van der Waals surface area contributed by atoms with E-state index in [0.29, 0.717) is 11.2 Å². The molecule has 0 aromatic carbocycles. The van der Waals surface area contributed by atoms with Gasteiger partial charge in [-0.05, 0) is 38.0 Å². The number of aryl methyl sites for hydroxylation is 1. The van der Waals surface area contributed by atoms with E-state index in [2.05, 4.69) is 29.6 Å². The number of hydrogen-bond acceptors (Lipinski definition) is 2. The molecule has 84 valence electrons. The van der Waals surface area contributed by atoms with Gasteiger partial charge in [0.05, 0.1) is 6.20 Å². The minimum atomic E-state index is 0.378. The molecule has 2 N–H and O–H groups in total. The first kappa shape index (κ1) is 12.0. The number of thiocarbonyl (C=S) groups is 1. The fourth-order valence-electron chi connectivity index (χ4n) is 1.23. The molecule has 4 nitrogen and oxygen atoms in total. The lowest BCUT2D eigenvalue weighted by Crippen LogP contribution is -2.39. The Balaban J connectivity index is 2.19. The Labute approximate surface area is 96.1 Å². The van der Waals surface area contributed by atoms with E-state index in [1.165, 1.54) is 5.56 Å². The summed E-state index contributed by atoms with van der Waals surface area (Å²) in [5, 5.41) is 11.1. The van der Waals surface area contributed by atoms with Crippen molar-refractivity contribution in [3.63, 3.8) is 0 Å². The first-order valence-electron chi connectivity index (χ1n) is 5.10. The molecule has 0 fully saturated rings. The molecule has 0 spiro atoms. The van der Waals surface area contributed by atoms with Crippen LogP contribution in [0, 0.1) is 0 Å². The summed E-state index contributed by atoms with van der Waals surface area (Å²) >= 11 is 5.11. The molecule has 0 radical (unpaired) electrons. The zero-order valence-electron chi connectivity index (χ0n) is 9.45. The fourth-order valence-corrected chi connectivity index (χ4v) is 1.57. The number of nitrogens with zero attached hydrogens (tertiary/aromatic N) is 2. The number of rotatable bonds is 4. The molecule has 0 aliphatic rings. The van der Waals surface area contributed by atoms with Crippen molar-refractivity contribution in [2.75, 3.05) is 6.54 Å². The summed E-state index contributed by atoms with van der Waals surface area (Å²) in [6.45, 7) is 4.97. The van der Waals surface area contributed by atoms with Crippen molar-refractivity contribution >= 4 is 17.3 Å². The van der Waals surface area contributed by atoms with Crippen LogP contribution in [0.5, 0.6) is 0 Å². The maximum Gasteiger partial charge on any atom is 0.166 e. The molecule has 0 saturated heterocycles. The van der Waals surface area contributed by atoms with E-state index in [-0.39, 0.29) is 0 Å². The van der Waals surface area contributed by atoms with Crippen molar-refractivity contribution in [2.45, 2.75) is 26.3 Å². The number of nitrogens with one attached hydrogen (secondary N) is 2. The number of hydrogen-bond donors (Lipinski definition) is 2. The lowest BCUT2D eigenvalue weighted by atomic mass is 10.2. The summed E-state index contributed by atoms with van der Waals surface area (Å²) in [7, 11) is 1.92. The van der Waals surface area contributed by atoms with Gasteiger partial charge in [0.15, 0.2) is 5.11 Å². The Kier molecular flexibility index (Phi) is 4.55. The standard InChI is InChI=1S/C10H18N4S/c1-8(2)13-10(15)11-5-4-9-6-12-14(3)7-9/h6-8H,4-5H2,1-3H3,(H2,11,13,15). The van der Waals surface area contributed by atoms with Crippen molar-refractivity contribution < 1.29 is 0 Å². The molecule has 0 bridgehead atoms. The maximum atomic E-state index is 5.11. The van der Waals surface area contributed by atoms with Crippen molar-refractivity contribution in [2.24, 2.45) is 7.05 Å². The van der Waals surface area contributed by atoms with Crippen LogP contribution < -0.4 is 10.6 Å². The monoisotopic (exact) mass is 226 g/mol. The second-order valence-corrected chi connectivity index (χ2v) is 4.24. The van der Waals surface area contributed by atoms with Gasteiger partial charge in [-0.15, -0.1) is 0 Å². The SMILES string of the molecule is CC(C)NC(=S)NCCc1cnn(C)c1. The molecule has 1 aromatic rings. The van der Waals surface area contributed by atoms with Crippen molar-refractivity contribution in [3.05, 3.63) is 18.0 Å².